The predicted molar refractivity (Wildman–Crippen MR) is 73.4 cm³/mol. The Hall–Kier alpha value is -2.02. The third kappa shape index (κ3) is 3.51. The normalized spacial score (nSPS) is 15.4. The second-order valence-corrected chi connectivity index (χ2v) is 5.11. The Morgan fingerprint density at radius 2 is 1.85 bits per heavy atom. The van der Waals surface area contributed by atoms with Gasteiger partial charge in [0.1, 0.15) is 0 Å². The van der Waals surface area contributed by atoms with Crippen LogP contribution in [-0.4, -0.2) is 16.4 Å². The van der Waals surface area contributed by atoms with Gasteiger partial charge in [0.15, 0.2) is 0 Å². The number of nitrogens with one attached hydrogen (secondary N) is 1. The predicted octanol–water partition coefficient (Wildman–Crippen LogP) is 2.78. The van der Waals surface area contributed by atoms with Gasteiger partial charge in [0, 0.05) is 18.2 Å². The van der Waals surface area contributed by atoms with Crippen LogP contribution in [0.25, 0.3) is 0 Å². The summed E-state index contributed by atoms with van der Waals surface area (Å²) in [7, 11) is 0. The molecule has 20 heavy (non-hydrogen) atoms. The van der Waals surface area contributed by atoms with E-state index in [2.05, 4.69) is 5.32 Å². The van der Waals surface area contributed by atoms with Crippen molar-refractivity contribution in [2.24, 2.45) is 5.92 Å². The highest BCUT2D eigenvalue weighted by Gasteiger charge is 2.20. The Kier molecular flexibility index (Phi) is 4.62. The lowest BCUT2D eigenvalue weighted by Crippen LogP contribution is -2.21. The van der Waals surface area contributed by atoms with Gasteiger partial charge in [0.05, 0.1) is 15.9 Å². The first-order valence-corrected chi connectivity index (χ1v) is 6.70. The fraction of sp³-hybridized carbons (Fsp3) is 0.538. The van der Waals surface area contributed by atoms with Crippen LogP contribution >= 0.6 is 0 Å². The molecule has 7 nitrogen and oxygen atoms in total. The molecule has 1 N–H and O–H groups in total. The van der Waals surface area contributed by atoms with E-state index in [0.29, 0.717) is 18.0 Å². The molecule has 1 aromatic rings. The number of hydrogen-bond donors (Lipinski definition) is 1. The average molecular weight is 279 g/mol. The SMILES string of the molecule is O=[N+]([O-])c1ccc(CNCC2CCCC2)c([N+](=O)[O-])c1. The lowest BCUT2D eigenvalue weighted by atomic mass is 10.1. The molecule has 0 unspecified atom stereocenters. The molecular formula is C13H17N3O4. The van der Waals surface area contributed by atoms with Crippen molar-refractivity contribution in [1.82, 2.24) is 5.32 Å². The van der Waals surface area contributed by atoms with E-state index in [1.165, 1.54) is 37.8 Å². The smallest absolute Gasteiger partial charge is 0.280 e. The number of benzene rings is 1. The third-order valence-electron chi connectivity index (χ3n) is 3.70. The van der Waals surface area contributed by atoms with Crippen molar-refractivity contribution in [2.45, 2.75) is 32.2 Å². The van der Waals surface area contributed by atoms with Gasteiger partial charge in [-0.15, -0.1) is 0 Å². The molecule has 7 heteroatoms. The van der Waals surface area contributed by atoms with Gasteiger partial charge >= 0.3 is 0 Å². The van der Waals surface area contributed by atoms with Crippen molar-refractivity contribution < 1.29 is 9.85 Å². The highest BCUT2D eigenvalue weighted by Crippen LogP contribution is 2.26. The Labute approximate surface area is 116 Å². The van der Waals surface area contributed by atoms with Crippen molar-refractivity contribution in [3.05, 3.63) is 44.0 Å². The first-order valence-electron chi connectivity index (χ1n) is 6.70. The minimum Gasteiger partial charge on any atom is -0.312 e. The van der Waals surface area contributed by atoms with Gasteiger partial charge in [-0.25, -0.2) is 0 Å². The van der Waals surface area contributed by atoms with Crippen molar-refractivity contribution in [2.75, 3.05) is 6.54 Å². The maximum atomic E-state index is 11.0. The van der Waals surface area contributed by atoms with E-state index in [4.69, 9.17) is 0 Å². The van der Waals surface area contributed by atoms with E-state index in [0.717, 1.165) is 12.6 Å². The van der Waals surface area contributed by atoms with Crippen LogP contribution in [0.3, 0.4) is 0 Å². The van der Waals surface area contributed by atoms with Crippen LogP contribution in [0.2, 0.25) is 0 Å². The number of nitro groups is 2. The lowest BCUT2D eigenvalue weighted by molar-refractivity contribution is -0.394. The van der Waals surface area contributed by atoms with Crippen LogP contribution in [0.4, 0.5) is 11.4 Å². The monoisotopic (exact) mass is 279 g/mol. The summed E-state index contributed by atoms with van der Waals surface area (Å²) in [5.41, 5.74) is 0.0351. The zero-order chi connectivity index (χ0) is 14.5. The zero-order valence-electron chi connectivity index (χ0n) is 11.1. The van der Waals surface area contributed by atoms with Crippen LogP contribution in [0.5, 0.6) is 0 Å². The Morgan fingerprint density at radius 3 is 2.45 bits per heavy atom. The topological polar surface area (TPSA) is 98.3 Å². The van der Waals surface area contributed by atoms with Gasteiger partial charge in [-0.2, -0.15) is 0 Å². The molecule has 0 spiro atoms. The van der Waals surface area contributed by atoms with Gasteiger partial charge in [-0.3, -0.25) is 20.2 Å². The summed E-state index contributed by atoms with van der Waals surface area (Å²) in [4.78, 5) is 20.4. The second kappa shape index (κ2) is 6.42. The summed E-state index contributed by atoms with van der Waals surface area (Å²) in [6.45, 7) is 1.21. The largest absolute Gasteiger partial charge is 0.312 e. The molecule has 1 aliphatic rings. The summed E-state index contributed by atoms with van der Waals surface area (Å²) in [5.74, 6) is 0.645. The molecule has 1 aromatic carbocycles. The van der Waals surface area contributed by atoms with E-state index in [1.54, 1.807) is 0 Å². The molecule has 2 rings (SSSR count). The fourth-order valence-electron chi connectivity index (χ4n) is 2.61. The number of nitro benzene ring substituents is 2. The van der Waals surface area contributed by atoms with Crippen molar-refractivity contribution in [3.63, 3.8) is 0 Å². The Morgan fingerprint density at radius 1 is 1.15 bits per heavy atom. The fourth-order valence-corrected chi connectivity index (χ4v) is 2.61. The van der Waals surface area contributed by atoms with Gasteiger partial charge in [0.2, 0.25) is 0 Å². The molecule has 1 aliphatic carbocycles. The van der Waals surface area contributed by atoms with Gasteiger partial charge < -0.3 is 5.32 Å². The molecule has 0 amide bonds. The molecule has 0 saturated heterocycles. The molecule has 108 valence electrons. The number of non-ortho nitro benzene ring substituents is 1. The molecule has 1 saturated carbocycles. The zero-order valence-corrected chi connectivity index (χ0v) is 11.1. The Bertz CT molecular complexity index is 512. The number of nitrogens with zero attached hydrogens (tertiary/aromatic N) is 2. The average Bonchev–Trinajstić information content (AvgIpc) is 2.91. The van der Waals surface area contributed by atoms with E-state index < -0.39 is 9.85 Å². The van der Waals surface area contributed by atoms with Gasteiger partial charge in [-0.05, 0) is 31.4 Å². The highest BCUT2D eigenvalue weighted by molar-refractivity contribution is 5.49. The van der Waals surface area contributed by atoms with Crippen LogP contribution in [0.15, 0.2) is 18.2 Å². The Balaban J connectivity index is 2.02. The van der Waals surface area contributed by atoms with Crippen LogP contribution in [0.1, 0.15) is 31.2 Å². The van der Waals surface area contributed by atoms with Crippen molar-refractivity contribution in [1.29, 1.82) is 0 Å². The number of rotatable bonds is 6. The molecular weight excluding hydrogens is 262 g/mol. The number of hydrogen-bond acceptors (Lipinski definition) is 5. The standard InChI is InChI=1S/C13H17N3O4/c17-15(18)12-6-5-11(13(7-12)16(19)20)9-14-8-10-3-1-2-4-10/h5-7,10,14H,1-4,8-9H2. The van der Waals surface area contributed by atoms with Crippen LogP contribution < -0.4 is 5.32 Å². The summed E-state index contributed by atoms with van der Waals surface area (Å²) < 4.78 is 0. The molecule has 0 aromatic heterocycles. The maximum absolute atomic E-state index is 11.0. The van der Waals surface area contributed by atoms with E-state index in [1.807, 2.05) is 0 Å². The molecule has 0 aliphatic heterocycles. The molecule has 0 bridgehead atoms. The molecule has 0 atom stereocenters. The minimum absolute atomic E-state index is 0.196. The summed E-state index contributed by atoms with van der Waals surface area (Å²) in [5, 5.41) is 24.8. The first kappa shape index (κ1) is 14.4. The summed E-state index contributed by atoms with van der Waals surface area (Å²) in [6.07, 6.45) is 4.92. The minimum atomic E-state index is -0.622. The van der Waals surface area contributed by atoms with Crippen molar-refractivity contribution in [3.8, 4) is 0 Å². The lowest BCUT2D eigenvalue weighted by Gasteiger charge is -2.10. The molecule has 0 heterocycles. The second-order valence-electron chi connectivity index (χ2n) is 5.11. The molecule has 0 radical (unpaired) electrons. The van der Waals surface area contributed by atoms with Gasteiger partial charge in [0.25, 0.3) is 11.4 Å². The van der Waals surface area contributed by atoms with Crippen LogP contribution in [0, 0.1) is 26.1 Å². The van der Waals surface area contributed by atoms with Crippen molar-refractivity contribution >= 4 is 11.4 Å². The van der Waals surface area contributed by atoms with Gasteiger partial charge in [-0.1, -0.05) is 12.8 Å². The first-order chi connectivity index (χ1) is 9.58. The van der Waals surface area contributed by atoms with E-state index >= 15 is 0 Å². The molecule has 1 fully saturated rings. The third-order valence-corrected chi connectivity index (χ3v) is 3.70. The maximum Gasteiger partial charge on any atom is 0.280 e. The highest BCUT2D eigenvalue weighted by atomic mass is 16.6. The van der Waals surface area contributed by atoms with Crippen LogP contribution in [-0.2, 0) is 6.54 Å². The van der Waals surface area contributed by atoms with E-state index in [9.17, 15) is 20.2 Å². The summed E-state index contributed by atoms with van der Waals surface area (Å²) >= 11 is 0. The summed E-state index contributed by atoms with van der Waals surface area (Å²) in [6, 6.07) is 3.78. The van der Waals surface area contributed by atoms with E-state index in [-0.39, 0.29) is 11.4 Å². The quantitative estimate of drug-likeness (QED) is 0.637.